The molecule has 0 aliphatic rings. The number of ether oxygens (including phenoxy) is 2. The minimum absolute atomic E-state index is 0.000962. The van der Waals surface area contributed by atoms with Gasteiger partial charge in [0.15, 0.2) is 0 Å². The van der Waals surface area contributed by atoms with Crippen LogP contribution in [-0.2, 0) is 33.0 Å². The molecule has 0 radical (unpaired) electrons. The first-order valence-electron chi connectivity index (χ1n) is 16.5. The summed E-state index contributed by atoms with van der Waals surface area (Å²) in [6.07, 6.45) is 1.21. The van der Waals surface area contributed by atoms with E-state index in [1.807, 2.05) is 0 Å². The van der Waals surface area contributed by atoms with Gasteiger partial charge in [-0.1, -0.05) is 36.7 Å². The fraction of sp³-hybridized carbons (Fsp3) is 0.297. The molecule has 2 N–H and O–H groups in total. The second-order valence-electron chi connectivity index (χ2n) is 12.1. The van der Waals surface area contributed by atoms with Crippen LogP contribution in [0.25, 0.3) is 11.3 Å². The smallest absolute Gasteiger partial charge is 0.417 e. The fourth-order valence-corrected chi connectivity index (χ4v) is 6.83. The van der Waals surface area contributed by atoms with Gasteiger partial charge in [-0.25, -0.2) is 18.6 Å². The number of thiazole rings is 1. The highest BCUT2D eigenvalue weighted by Crippen LogP contribution is 2.41. The second-order valence-corrected chi connectivity index (χ2v) is 13.4. The molecular formula is C37H37ClF2N7O5S+. The Bertz CT molecular complexity index is 2120. The number of carbonyl (C=O) groups is 2. The minimum Gasteiger partial charge on any atom is -0.460 e. The summed E-state index contributed by atoms with van der Waals surface area (Å²) in [6.45, 7) is 4.73. The summed E-state index contributed by atoms with van der Waals surface area (Å²) in [5.41, 5.74) is 0.327. The number of hydrogen-bond donors (Lipinski definition) is 2. The van der Waals surface area contributed by atoms with Crippen molar-refractivity contribution in [3.63, 3.8) is 0 Å². The molecule has 0 fully saturated rings. The Morgan fingerprint density at radius 2 is 1.94 bits per heavy atom. The predicted octanol–water partition coefficient (Wildman–Crippen LogP) is 6.23. The zero-order valence-corrected chi connectivity index (χ0v) is 30.9. The maximum atomic E-state index is 15.4. The standard InChI is InChI=1S/C37H37ClF2N7O5S/c1-5-47(33-8-6-7-30(38)28(33)18-51-34(48)17-42-4)36(49)52-24(3)45-21-43-46(22-45)20-37(50,29-15-27(39)13-14-31(29)40)23(2)35-44-32(19-53-35)26-11-9-25(16-41)10-12-26/h6-15,19,21-24,42,50H,5,17-18,20H2,1-4H3/q+1. The van der Waals surface area contributed by atoms with Gasteiger partial charge in [0.2, 0.25) is 12.6 Å². The summed E-state index contributed by atoms with van der Waals surface area (Å²) >= 11 is 7.69. The number of aromatic nitrogens is 4. The van der Waals surface area contributed by atoms with Crippen molar-refractivity contribution < 1.29 is 37.5 Å². The molecule has 53 heavy (non-hydrogen) atoms. The van der Waals surface area contributed by atoms with Crippen molar-refractivity contribution in [1.82, 2.24) is 20.1 Å². The quantitative estimate of drug-likeness (QED) is 0.0993. The van der Waals surface area contributed by atoms with Crippen LogP contribution in [0.2, 0.25) is 5.02 Å². The highest BCUT2D eigenvalue weighted by atomic mass is 35.5. The zero-order chi connectivity index (χ0) is 38.3. The molecule has 0 bridgehead atoms. The van der Waals surface area contributed by atoms with Crippen LogP contribution in [0.15, 0.2) is 78.7 Å². The lowest BCUT2D eigenvalue weighted by atomic mass is 9.82. The van der Waals surface area contributed by atoms with Crippen molar-refractivity contribution in [2.24, 2.45) is 0 Å². The van der Waals surface area contributed by atoms with Gasteiger partial charge in [-0.2, -0.15) is 9.83 Å². The summed E-state index contributed by atoms with van der Waals surface area (Å²) in [5.74, 6) is -2.90. The van der Waals surface area contributed by atoms with Gasteiger partial charge < -0.3 is 19.9 Å². The maximum Gasteiger partial charge on any atom is 0.417 e. The number of aliphatic hydroxyl groups is 1. The van der Waals surface area contributed by atoms with Crippen molar-refractivity contribution in [3.05, 3.63) is 117 Å². The van der Waals surface area contributed by atoms with Gasteiger partial charge >= 0.3 is 12.1 Å². The largest absolute Gasteiger partial charge is 0.460 e. The Labute approximate surface area is 313 Å². The van der Waals surface area contributed by atoms with E-state index in [9.17, 15) is 19.1 Å². The van der Waals surface area contributed by atoms with E-state index in [2.05, 4.69) is 16.5 Å². The number of benzene rings is 3. The van der Waals surface area contributed by atoms with E-state index < -0.39 is 41.4 Å². The molecule has 276 valence electrons. The lowest BCUT2D eigenvalue weighted by Gasteiger charge is -2.32. The first-order chi connectivity index (χ1) is 25.4. The molecule has 0 aliphatic carbocycles. The van der Waals surface area contributed by atoms with E-state index in [0.29, 0.717) is 32.5 Å². The van der Waals surface area contributed by atoms with Gasteiger partial charge in [-0.05, 0) is 56.4 Å². The highest BCUT2D eigenvalue weighted by molar-refractivity contribution is 7.10. The average Bonchev–Trinajstić information content (AvgIpc) is 3.83. The third kappa shape index (κ3) is 8.86. The molecule has 3 atom stereocenters. The number of nitrogens with zero attached hydrogens (tertiary/aromatic N) is 6. The first-order valence-corrected chi connectivity index (χ1v) is 17.8. The highest BCUT2D eigenvalue weighted by Gasteiger charge is 2.43. The number of anilines is 1. The summed E-state index contributed by atoms with van der Waals surface area (Å²) in [4.78, 5) is 31.5. The number of hydrogen-bond acceptors (Lipinski definition) is 10. The lowest BCUT2D eigenvalue weighted by Crippen LogP contribution is -2.43. The molecule has 2 heterocycles. The number of nitrogens with one attached hydrogen (secondary N) is 1. The van der Waals surface area contributed by atoms with Gasteiger partial charge in [0, 0.05) is 51.6 Å². The third-order valence-corrected chi connectivity index (χ3v) is 10.0. The topological polar surface area (TPSA) is 146 Å². The molecule has 2 aromatic heterocycles. The molecular weight excluding hydrogens is 728 g/mol. The summed E-state index contributed by atoms with van der Waals surface area (Å²) in [5, 5.41) is 31.0. The Hall–Kier alpha value is -5.27. The Kier molecular flexibility index (Phi) is 12.5. The number of rotatable bonds is 14. The lowest BCUT2D eigenvalue weighted by molar-refractivity contribution is -0.753. The molecule has 12 nitrogen and oxygen atoms in total. The van der Waals surface area contributed by atoms with Crippen molar-refractivity contribution in [2.45, 2.75) is 51.7 Å². The molecule has 1 amide bonds. The van der Waals surface area contributed by atoms with E-state index in [4.69, 9.17) is 31.3 Å². The molecule has 5 aromatic rings. The van der Waals surface area contributed by atoms with Gasteiger partial charge in [0.25, 0.3) is 6.33 Å². The number of carbonyl (C=O) groups excluding carboxylic acids is 2. The van der Waals surface area contributed by atoms with Crippen LogP contribution < -0.4 is 14.8 Å². The van der Waals surface area contributed by atoms with E-state index in [-0.39, 0.29) is 31.8 Å². The number of nitriles is 1. The summed E-state index contributed by atoms with van der Waals surface area (Å²) < 4.78 is 43.8. The van der Waals surface area contributed by atoms with Crippen LogP contribution in [-0.4, -0.2) is 52.1 Å². The van der Waals surface area contributed by atoms with Gasteiger partial charge in [0.1, 0.15) is 30.4 Å². The maximum absolute atomic E-state index is 15.4. The zero-order valence-electron chi connectivity index (χ0n) is 29.3. The second kappa shape index (κ2) is 17.0. The molecule has 16 heteroatoms. The molecule has 3 unspecified atom stereocenters. The van der Waals surface area contributed by atoms with E-state index in [0.717, 1.165) is 23.8 Å². The van der Waals surface area contributed by atoms with Crippen LogP contribution in [0, 0.1) is 23.0 Å². The predicted molar refractivity (Wildman–Crippen MR) is 193 cm³/mol. The summed E-state index contributed by atoms with van der Waals surface area (Å²) in [7, 11) is 1.61. The van der Waals surface area contributed by atoms with Crippen LogP contribution in [0.3, 0.4) is 0 Å². The van der Waals surface area contributed by atoms with Crippen molar-refractivity contribution >= 4 is 40.7 Å². The molecule has 0 spiro atoms. The van der Waals surface area contributed by atoms with Gasteiger partial charge in [-0.3, -0.25) is 9.69 Å². The fourth-order valence-electron chi connectivity index (χ4n) is 5.64. The normalized spacial score (nSPS) is 13.4. The van der Waals surface area contributed by atoms with E-state index >= 15 is 4.39 Å². The minimum atomic E-state index is -2.05. The third-order valence-electron chi connectivity index (χ3n) is 8.63. The van der Waals surface area contributed by atoms with Crippen LogP contribution >= 0.6 is 22.9 Å². The van der Waals surface area contributed by atoms with Crippen molar-refractivity contribution in [2.75, 3.05) is 25.0 Å². The van der Waals surface area contributed by atoms with Gasteiger partial charge in [0.05, 0.1) is 34.6 Å². The first kappa shape index (κ1) is 38.9. The SMILES string of the molecule is CCN(C(=O)OC(C)[n+]1cnn(CC(O)(c2cc(F)ccc2F)C(C)c2nc(-c3ccc(C#N)cc3)cs2)c1)c1cccc(Cl)c1COC(=O)CNC. The van der Waals surface area contributed by atoms with Gasteiger partial charge in [-0.15, -0.1) is 16.0 Å². The number of esters is 1. The van der Waals surface area contributed by atoms with Crippen molar-refractivity contribution in [1.29, 1.82) is 5.26 Å². The van der Waals surface area contributed by atoms with Crippen LogP contribution in [0.1, 0.15) is 54.6 Å². The number of amides is 1. The summed E-state index contributed by atoms with van der Waals surface area (Å²) in [6, 6.07) is 16.8. The molecule has 5 rings (SSSR count). The molecule has 0 saturated carbocycles. The average molecular weight is 765 g/mol. The Morgan fingerprint density at radius 3 is 2.64 bits per heavy atom. The Morgan fingerprint density at radius 1 is 1.19 bits per heavy atom. The van der Waals surface area contributed by atoms with E-state index in [1.165, 1.54) is 38.1 Å². The monoisotopic (exact) mass is 764 g/mol. The van der Waals surface area contributed by atoms with E-state index in [1.54, 1.807) is 75.7 Å². The molecule has 3 aromatic carbocycles. The van der Waals surface area contributed by atoms with Crippen molar-refractivity contribution in [3.8, 4) is 17.3 Å². The van der Waals surface area contributed by atoms with Crippen LogP contribution in [0.5, 0.6) is 0 Å². The number of halogens is 3. The molecule has 0 aliphatic heterocycles. The van der Waals surface area contributed by atoms with Crippen LogP contribution in [0.4, 0.5) is 19.3 Å². The number of likely N-dealkylation sites (N-methyl/N-ethyl adjacent to an activating group) is 1. The molecule has 0 saturated heterocycles. The Balaban J connectivity index is 1.37.